The first-order valence-electron chi connectivity index (χ1n) is 8.12. The van der Waals surface area contributed by atoms with Crippen molar-refractivity contribution in [3.8, 4) is 0 Å². The van der Waals surface area contributed by atoms with Crippen LogP contribution in [0.2, 0.25) is 0 Å². The average Bonchev–Trinajstić information content (AvgIpc) is 2.71. The number of benzene rings is 1. The fraction of sp³-hybridized carbons (Fsp3) is 0.529. The molecular weight excluding hydrogens is 363 g/mol. The molecule has 25 heavy (non-hydrogen) atoms. The summed E-state index contributed by atoms with van der Waals surface area (Å²) in [5, 5.41) is 5.92. The molecule has 8 heteroatoms. The van der Waals surface area contributed by atoms with Crippen LogP contribution in [0.15, 0.2) is 18.2 Å². The Kier molecular flexibility index (Phi) is 9.26. The van der Waals surface area contributed by atoms with E-state index in [0.29, 0.717) is 30.8 Å². The first kappa shape index (κ1) is 23.5. The van der Waals surface area contributed by atoms with Gasteiger partial charge in [0, 0.05) is 32.1 Å². The van der Waals surface area contributed by atoms with Gasteiger partial charge in [-0.1, -0.05) is 13.8 Å². The van der Waals surface area contributed by atoms with Crippen LogP contribution in [0, 0.1) is 0 Å². The van der Waals surface area contributed by atoms with E-state index in [1.54, 1.807) is 12.1 Å². The van der Waals surface area contributed by atoms with Crippen LogP contribution in [0.3, 0.4) is 0 Å². The van der Waals surface area contributed by atoms with Gasteiger partial charge in [0.15, 0.2) is 0 Å². The van der Waals surface area contributed by atoms with Crippen molar-refractivity contribution in [1.29, 1.82) is 0 Å². The standard InChI is InChI=1S/C17H26N4O2.2ClH/c1-4-17(5-2,11-18)20-16(23)12-6-7-14-13(10-12)19-15(22)8-9-21(14)3;;/h6-7,10H,4-5,8-9,11,18H2,1-3H3,(H,19,22)(H,20,23);2*1H. The topological polar surface area (TPSA) is 87.5 Å². The quantitative estimate of drug-likeness (QED) is 0.720. The normalized spacial score (nSPS) is 13.6. The van der Waals surface area contributed by atoms with E-state index in [9.17, 15) is 9.59 Å². The summed E-state index contributed by atoms with van der Waals surface area (Å²) in [5.41, 5.74) is 7.58. The van der Waals surface area contributed by atoms with Gasteiger partial charge in [-0.05, 0) is 31.0 Å². The number of nitrogens with two attached hydrogens (primary N) is 1. The maximum absolute atomic E-state index is 12.6. The van der Waals surface area contributed by atoms with Gasteiger partial charge in [-0.2, -0.15) is 0 Å². The maximum Gasteiger partial charge on any atom is 0.251 e. The minimum absolute atomic E-state index is 0. The number of fused-ring (bicyclic) bond motifs is 1. The zero-order valence-electron chi connectivity index (χ0n) is 14.9. The lowest BCUT2D eigenvalue weighted by molar-refractivity contribution is -0.115. The van der Waals surface area contributed by atoms with Crippen molar-refractivity contribution in [3.05, 3.63) is 23.8 Å². The number of hydrogen-bond acceptors (Lipinski definition) is 4. The van der Waals surface area contributed by atoms with E-state index in [0.717, 1.165) is 18.5 Å². The smallest absolute Gasteiger partial charge is 0.251 e. The molecule has 0 aromatic heterocycles. The number of halogens is 2. The van der Waals surface area contributed by atoms with Gasteiger partial charge in [0.05, 0.1) is 16.9 Å². The SMILES string of the molecule is CCC(CC)(CN)NC(=O)c1ccc2c(c1)NC(=O)CCN2C.Cl.Cl. The van der Waals surface area contributed by atoms with Gasteiger partial charge in [-0.25, -0.2) is 0 Å². The number of carbonyl (C=O) groups excluding carboxylic acids is 2. The number of anilines is 2. The molecule has 2 amide bonds. The Balaban J connectivity index is 0.00000288. The fourth-order valence-electron chi connectivity index (χ4n) is 2.79. The number of hydrogen-bond donors (Lipinski definition) is 3. The molecule has 0 saturated carbocycles. The predicted octanol–water partition coefficient (Wildman–Crippen LogP) is 2.56. The number of nitrogens with one attached hydrogen (secondary N) is 2. The highest BCUT2D eigenvalue weighted by Crippen LogP contribution is 2.29. The van der Waals surface area contributed by atoms with Crippen molar-refractivity contribution in [2.75, 3.05) is 30.4 Å². The van der Waals surface area contributed by atoms with Crippen molar-refractivity contribution < 1.29 is 9.59 Å². The summed E-state index contributed by atoms with van der Waals surface area (Å²) in [4.78, 5) is 26.4. The summed E-state index contributed by atoms with van der Waals surface area (Å²) in [7, 11) is 1.94. The molecule has 0 fully saturated rings. The van der Waals surface area contributed by atoms with Crippen molar-refractivity contribution in [2.45, 2.75) is 38.6 Å². The van der Waals surface area contributed by atoms with Crippen molar-refractivity contribution in [2.24, 2.45) is 5.73 Å². The fourth-order valence-corrected chi connectivity index (χ4v) is 2.79. The third kappa shape index (κ3) is 5.23. The monoisotopic (exact) mass is 390 g/mol. The average molecular weight is 391 g/mol. The van der Waals surface area contributed by atoms with E-state index in [4.69, 9.17) is 5.73 Å². The summed E-state index contributed by atoms with van der Waals surface area (Å²) in [6.45, 7) is 5.09. The molecule has 142 valence electrons. The maximum atomic E-state index is 12.6. The third-order valence-corrected chi connectivity index (χ3v) is 4.74. The second kappa shape index (κ2) is 9.85. The van der Waals surface area contributed by atoms with Crippen LogP contribution in [0.5, 0.6) is 0 Å². The van der Waals surface area contributed by atoms with Crippen molar-refractivity contribution in [1.82, 2.24) is 5.32 Å². The first-order valence-corrected chi connectivity index (χ1v) is 8.12. The van der Waals surface area contributed by atoms with Crippen molar-refractivity contribution in [3.63, 3.8) is 0 Å². The molecule has 4 N–H and O–H groups in total. The molecule has 0 unspecified atom stereocenters. The van der Waals surface area contributed by atoms with Gasteiger partial charge >= 0.3 is 0 Å². The summed E-state index contributed by atoms with van der Waals surface area (Å²) in [5.74, 6) is -0.199. The Morgan fingerprint density at radius 3 is 2.52 bits per heavy atom. The highest BCUT2D eigenvalue weighted by Gasteiger charge is 2.27. The van der Waals surface area contributed by atoms with Gasteiger partial charge in [0.1, 0.15) is 0 Å². The molecule has 6 nitrogen and oxygen atoms in total. The molecule has 1 aliphatic heterocycles. The molecule has 0 spiro atoms. The van der Waals surface area contributed by atoms with Gasteiger partial charge in [-0.3, -0.25) is 9.59 Å². The van der Waals surface area contributed by atoms with Crippen LogP contribution in [0.1, 0.15) is 43.5 Å². The Morgan fingerprint density at radius 2 is 1.96 bits per heavy atom. The molecule has 0 radical (unpaired) electrons. The minimum Gasteiger partial charge on any atom is -0.372 e. The van der Waals surface area contributed by atoms with E-state index in [1.165, 1.54) is 0 Å². The van der Waals surface area contributed by atoms with Crippen LogP contribution in [-0.4, -0.2) is 37.5 Å². The molecule has 0 saturated heterocycles. The second-order valence-corrected chi connectivity index (χ2v) is 6.10. The lowest BCUT2D eigenvalue weighted by Crippen LogP contribution is -2.52. The molecule has 0 atom stereocenters. The Hall–Kier alpha value is -1.50. The first-order chi connectivity index (χ1) is 10.9. The third-order valence-electron chi connectivity index (χ3n) is 4.74. The van der Waals surface area contributed by atoms with Gasteiger partial charge in [-0.15, -0.1) is 24.8 Å². The highest BCUT2D eigenvalue weighted by molar-refractivity contribution is 6.01. The van der Waals surface area contributed by atoms with Crippen LogP contribution < -0.4 is 21.3 Å². The van der Waals surface area contributed by atoms with E-state index < -0.39 is 0 Å². The molecule has 1 heterocycles. The molecule has 1 aliphatic rings. The highest BCUT2D eigenvalue weighted by atomic mass is 35.5. The van der Waals surface area contributed by atoms with Crippen LogP contribution >= 0.6 is 24.8 Å². The summed E-state index contributed by atoms with van der Waals surface area (Å²) < 4.78 is 0. The minimum atomic E-state index is -0.385. The summed E-state index contributed by atoms with van der Waals surface area (Å²) in [6.07, 6.45) is 1.99. The van der Waals surface area contributed by atoms with Gasteiger partial charge < -0.3 is 21.3 Å². The van der Waals surface area contributed by atoms with Crippen LogP contribution in [0.4, 0.5) is 11.4 Å². The lowest BCUT2D eigenvalue weighted by Gasteiger charge is -2.31. The molecular formula is C17H28Cl2N4O2. The zero-order valence-corrected chi connectivity index (χ0v) is 16.6. The molecule has 1 aromatic carbocycles. The molecule has 2 rings (SSSR count). The Bertz CT molecular complexity index is 598. The van der Waals surface area contributed by atoms with Crippen molar-refractivity contribution >= 4 is 48.0 Å². The number of nitrogens with zero attached hydrogens (tertiary/aromatic N) is 1. The van der Waals surface area contributed by atoms with E-state index in [1.807, 2.05) is 31.9 Å². The van der Waals surface area contributed by atoms with E-state index in [2.05, 4.69) is 10.6 Å². The van der Waals surface area contributed by atoms with E-state index in [-0.39, 0.29) is 42.2 Å². The summed E-state index contributed by atoms with van der Waals surface area (Å²) in [6, 6.07) is 5.39. The Labute approximate surface area is 161 Å². The van der Waals surface area contributed by atoms with Gasteiger partial charge in [0.2, 0.25) is 5.91 Å². The van der Waals surface area contributed by atoms with Crippen LogP contribution in [0.25, 0.3) is 0 Å². The lowest BCUT2D eigenvalue weighted by atomic mass is 9.92. The molecule has 1 aromatic rings. The summed E-state index contributed by atoms with van der Waals surface area (Å²) >= 11 is 0. The number of carbonyl (C=O) groups is 2. The van der Waals surface area contributed by atoms with Crippen LogP contribution in [-0.2, 0) is 4.79 Å². The molecule has 0 bridgehead atoms. The Morgan fingerprint density at radius 1 is 1.32 bits per heavy atom. The molecule has 0 aliphatic carbocycles. The predicted molar refractivity (Wildman–Crippen MR) is 107 cm³/mol. The zero-order chi connectivity index (χ0) is 17.0. The number of amides is 2. The second-order valence-electron chi connectivity index (χ2n) is 6.10. The largest absolute Gasteiger partial charge is 0.372 e. The number of rotatable bonds is 5. The van der Waals surface area contributed by atoms with E-state index >= 15 is 0 Å². The van der Waals surface area contributed by atoms with Gasteiger partial charge in [0.25, 0.3) is 5.91 Å².